The van der Waals surface area contributed by atoms with E-state index in [0.29, 0.717) is 11.4 Å². The summed E-state index contributed by atoms with van der Waals surface area (Å²) in [6.07, 6.45) is 1.02. The minimum Gasteiger partial charge on any atom is -0.389 e. The van der Waals surface area contributed by atoms with Crippen LogP contribution in [0.25, 0.3) is 0 Å². The van der Waals surface area contributed by atoms with Gasteiger partial charge in [-0.15, -0.1) is 0 Å². The molecule has 1 amide bonds. The molecule has 0 saturated carbocycles. The van der Waals surface area contributed by atoms with Crippen LogP contribution in [0.4, 0.5) is 17.2 Å². The van der Waals surface area contributed by atoms with Gasteiger partial charge < -0.3 is 15.3 Å². The van der Waals surface area contributed by atoms with Gasteiger partial charge in [0, 0.05) is 11.8 Å². The van der Waals surface area contributed by atoms with Crippen molar-refractivity contribution in [1.29, 1.82) is 0 Å². The van der Waals surface area contributed by atoms with Gasteiger partial charge in [0.05, 0.1) is 17.5 Å². The molecule has 3 rings (SSSR count). The first-order valence-corrected chi connectivity index (χ1v) is 6.46. The van der Waals surface area contributed by atoms with Crippen LogP contribution in [0, 0.1) is 0 Å². The number of carbonyl (C=O) groups is 1. The lowest BCUT2D eigenvalue weighted by atomic mass is 10.1. The number of aromatic nitrogens is 1. The summed E-state index contributed by atoms with van der Waals surface area (Å²) >= 11 is 0. The zero-order valence-electron chi connectivity index (χ0n) is 11.1. The Morgan fingerprint density at radius 1 is 1.30 bits per heavy atom. The number of hydrogen-bond acceptors (Lipinski definition) is 4. The molecule has 1 aromatic heterocycles. The summed E-state index contributed by atoms with van der Waals surface area (Å²) in [5.41, 5.74) is 2.34. The average molecular weight is 269 g/mol. The largest absolute Gasteiger partial charge is 0.389 e. The van der Waals surface area contributed by atoms with Crippen LogP contribution in [0.1, 0.15) is 18.6 Å². The van der Waals surface area contributed by atoms with Crippen LogP contribution in [0.5, 0.6) is 0 Å². The molecule has 1 aliphatic rings. The smallest absolute Gasteiger partial charge is 0.244 e. The molecule has 5 nitrogen and oxygen atoms in total. The molecule has 1 aromatic carbocycles. The van der Waals surface area contributed by atoms with Crippen molar-refractivity contribution >= 4 is 23.1 Å². The maximum atomic E-state index is 11.8. The summed E-state index contributed by atoms with van der Waals surface area (Å²) in [6, 6.07) is 11.2. The summed E-state index contributed by atoms with van der Waals surface area (Å²) in [6.45, 7) is 1.88. The first kappa shape index (κ1) is 12.6. The van der Waals surface area contributed by atoms with Crippen LogP contribution in [0.2, 0.25) is 0 Å². The van der Waals surface area contributed by atoms with Gasteiger partial charge in [0.1, 0.15) is 12.4 Å². The number of pyridine rings is 1. The van der Waals surface area contributed by atoms with Gasteiger partial charge in [-0.25, -0.2) is 4.98 Å². The third-order valence-electron chi connectivity index (χ3n) is 3.29. The van der Waals surface area contributed by atoms with Crippen LogP contribution in [0.15, 0.2) is 42.6 Å². The molecule has 2 heterocycles. The summed E-state index contributed by atoms with van der Waals surface area (Å²) in [5.74, 6) is 0.524. The lowest BCUT2D eigenvalue weighted by Gasteiger charge is -2.31. The fraction of sp³-hybridized carbons (Fsp3) is 0.200. The van der Waals surface area contributed by atoms with Crippen LogP contribution in [0.3, 0.4) is 0 Å². The molecule has 1 aliphatic heterocycles. The number of para-hydroxylation sites is 2. The van der Waals surface area contributed by atoms with Crippen LogP contribution >= 0.6 is 0 Å². The normalized spacial score (nSPS) is 15.5. The van der Waals surface area contributed by atoms with E-state index in [1.54, 1.807) is 19.2 Å². The fourth-order valence-electron chi connectivity index (χ4n) is 2.38. The highest BCUT2D eigenvalue weighted by molar-refractivity contribution is 6.03. The van der Waals surface area contributed by atoms with Gasteiger partial charge in [-0.1, -0.05) is 18.2 Å². The standard InChI is InChI=1S/C15H15N3O2/c1-10(19)11-5-4-8-16-15(11)18-9-14(20)17-12-6-2-3-7-13(12)18/h2-8,10,19H,9H2,1H3,(H,17,20)/t10-/m0/s1. The van der Waals surface area contributed by atoms with Crippen molar-refractivity contribution in [2.45, 2.75) is 13.0 Å². The highest BCUT2D eigenvalue weighted by atomic mass is 16.3. The number of hydrogen-bond donors (Lipinski definition) is 2. The van der Waals surface area contributed by atoms with Gasteiger partial charge >= 0.3 is 0 Å². The predicted octanol–water partition coefficient (Wildman–Crippen LogP) is 2.23. The van der Waals surface area contributed by atoms with Crippen molar-refractivity contribution in [3.05, 3.63) is 48.2 Å². The molecule has 2 N–H and O–H groups in total. The molecule has 0 bridgehead atoms. The highest BCUT2D eigenvalue weighted by Gasteiger charge is 2.26. The first-order chi connectivity index (χ1) is 9.66. The number of aliphatic hydroxyl groups excluding tert-OH is 1. The van der Waals surface area contributed by atoms with Crippen molar-refractivity contribution < 1.29 is 9.90 Å². The number of nitrogens with one attached hydrogen (secondary N) is 1. The number of amides is 1. The van der Waals surface area contributed by atoms with Crippen molar-refractivity contribution in [1.82, 2.24) is 4.98 Å². The first-order valence-electron chi connectivity index (χ1n) is 6.46. The highest BCUT2D eigenvalue weighted by Crippen LogP contribution is 2.36. The predicted molar refractivity (Wildman–Crippen MR) is 76.9 cm³/mol. The molecular formula is C15H15N3O2. The second kappa shape index (κ2) is 4.94. The third kappa shape index (κ3) is 2.12. The van der Waals surface area contributed by atoms with Crippen LogP contribution < -0.4 is 10.2 Å². The molecule has 0 unspecified atom stereocenters. The maximum absolute atomic E-state index is 11.8. The molecular weight excluding hydrogens is 254 g/mol. The fourth-order valence-corrected chi connectivity index (χ4v) is 2.38. The molecule has 0 radical (unpaired) electrons. The zero-order valence-corrected chi connectivity index (χ0v) is 11.1. The Morgan fingerprint density at radius 2 is 2.10 bits per heavy atom. The van der Waals surface area contributed by atoms with Crippen molar-refractivity contribution in [3.8, 4) is 0 Å². The quantitative estimate of drug-likeness (QED) is 0.877. The number of rotatable bonds is 2. The van der Waals surface area contributed by atoms with E-state index in [1.807, 2.05) is 35.2 Å². The van der Waals surface area contributed by atoms with Gasteiger partial charge in [-0.3, -0.25) is 4.79 Å². The monoisotopic (exact) mass is 269 g/mol. The molecule has 20 heavy (non-hydrogen) atoms. The minimum atomic E-state index is -0.643. The number of benzene rings is 1. The van der Waals surface area contributed by atoms with E-state index >= 15 is 0 Å². The Morgan fingerprint density at radius 3 is 2.90 bits per heavy atom. The van der Waals surface area contributed by atoms with E-state index in [9.17, 15) is 9.90 Å². The zero-order chi connectivity index (χ0) is 14.1. The lowest BCUT2D eigenvalue weighted by Crippen LogP contribution is -2.36. The van der Waals surface area contributed by atoms with Crippen molar-refractivity contribution in [3.63, 3.8) is 0 Å². The molecule has 102 valence electrons. The van der Waals surface area contributed by atoms with E-state index in [-0.39, 0.29) is 12.5 Å². The van der Waals surface area contributed by atoms with Crippen LogP contribution in [-0.4, -0.2) is 22.5 Å². The number of aliphatic hydroxyl groups is 1. The van der Waals surface area contributed by atoms with Gasteiger partial charge in [0.2, 0.25) is 5.91 Å². The van der Waals surface area contributed by atoms with Crippen LogP contribution in [-0.2, 0) is 4.79 Å². The molecule has 0 fully saturated rings. The topological polar surface area (TPSA) is 65.5 Å². The van der Waals surface area contributed by atoms with E-state index in [2.05, 4.69) is 10.3 Å². The number of fused-ring (bicyclic) bond motifs is 1. The SMILES string of the molecule is C[C@H](O)c1cccnc1N1CC(=O)Nc2ccccc21. The molecule has 5 heteroatoms. The number of nitrogens with zero attached hydrogens (tertiary/aromatic N) is 2. The Labute approximate surface area is 116 Å². The van der Waals surface area contributed by atoms with E-state index in [4.69, 9.17) is 0 Å². The Bertz CT molecular complexity index is 655. The maximum Gasteiger partial charge on any atom is 0.244 e. The number of carbonyl (C=O) groups excluding carboxylic acids is 1. The van der Waals surface area contributed by atoms with Gasteiger partial charge in [-0.2, -0.15) is 0 Å². The summed E-state index contributed by atoms with van der Waals surface area (Å²) in [7, 11) is 0. The van der Waals surface area contributed by atoms with E-state index < -0.39 is 6.10 Å². The summed E-state index contributed by atoms with van der Waals surface area (Å²) in [5, 5.41) is 12.7. The Kier molecular flexibility index (Phi) is 3.12. The molecule has 0 spiro atoms. The second-order valence-corrected chi connectivity index (χ2v) is 4.74. The minimum absolute atomic E-state index is 0.0918. The van der Waals surface area contributed by atoms with Gasteiger partial charge in [-0.05, 0) is 25.1 Å². The van der Waals surface area contributed by atoms with E-state index in [1.165, 1.54) is 0 Å². The Balaban J connectivity index is 2.13. The lowest BCUT2D eigenvalue weighted by molar-refractivity contribution is -0.115. The summed E-state index contributed by atoms with van der Waals surface area (Å²) in [4.78, 5) is 18.0. The Hall–Kier alpha value is -2.40. The molecule has 0 aliphatic carbocycles. The molecule has 2 aromatic rings. The van der Waals surface area contributed by atoms with E-state index in [0.717, 1.165) is 11.4 Å². The number of anilines is 3. The van der Waals surface area contributed by atoms with Crippen molar-refractivity contribution in [2.75, 3.05) is 16.8 Å². The average Bonchev–Trinajstić information content (AvgIpc) is 2.46. The summed E-state index contributed by atoms with van der Waals surface area (Å²) < 4.78 is 0. The molecule has 0 saturated heterocycles. The molecule has 1 atom stereocenters. The van der Waals surface area contributed by atoms with Gasteiger partial charge in [0.15, 0.2) is 0 Å². The van der Waals surface area contributed by atoms with Gasteiger partial charge in [0.25, 0.3) is 0 Å². The third-order valence-corrected chi connectivity index (χ3v) is 3.29. The van der Waals surface area contributed by atoms with Crippen molar-refractivity contribution in [2.24, 2.45) is 0 Å². The second-order valence-electron chi connectivity index (χ2n) is 4.74.